The molecule has 2 N–H and O–H groups in total. The molecule has 6 nitrogen and oxygen atoms in total. The van der Waals surface area contributed by atoms with Crippen molar-refractivity contribution in [3.63, 3.8) is 0 Å². The normalized spacial score (nSPS) is 17.8. The summed E-state index contributed by atoms with van der Waals surface area (Å²) in [6.07, 6.45) is 0.595. The van der Waals surface area contributed by atoms with Crippen LogP contribution >= 0.6 is 11.3 Å². The highest BCUT2D eigenvalue weighted by atomic mass is 32.1. The molecule has 2 aliphatic heterocycles. The number of esters is 1. The quantitative estimate of drug-likeness (QED) is 0.477. The second kappa shape index (κ2) is 8.17. The number of thiophene rings is 1. The van der Waals surface area contributed by atoms with Crippen molar-refractivity contribution in [3.8, 4) is 5.75 Å². The van der Waals surface area contributed by atoms with E-state index in [4.69, 9.17) is 4.74 Å². The zero-order valence-electron chi connectivity index (χ0n) is 17.2. The van der Waals surface area contributed by atoms with Crippen molar-refractivity contribution in [1.29, 1.82) is 0 Å². The Hall–Kier alpha value is -3.16. The molecule has 31 heavy (non-hydrogen) atoms. The van der Waals surface area contributed by atoms with Gasteiger partial charge in [0.25, 0.3) is 5.91 Å². The fourth-order valence-electron chi connectivity index (χ4n) is 4.07. The highest BCUT2D eigenvalue weighted by molar-refractivity contribution is 7.16. The molecule has 1 amide bonds. The van der Waals surface area contributed by atoms with Gasteiger partial charge in [-0.1, -0.05) is 37.3 Å². The molecule has 0 bridgehead atoms. The van der Waals surface area contributed by atoms with Crippen molar-refractivity contribution in [2.75, 3.05) is 18.4 Å². The SMILES string of the molecule is CCN1CCc2c(sc3c2C(=O)N[C@H](c2ccc(OC(=O)c4ccccc4)cc2)N3)C1. The molecule has 0 saturated heterocycles. The fraction of sp³-hybridized carbons (Fsp3) is 0.250. The number of likely N-dealkylation sites (N-methyl/N-ethyl adjacent to an activating group) is 1. The molecule has 2 aliphatic rings. The maximum Gasteiger partial charge on any atom is 0.343 e. The van der Waals surface area contributed by atoms with E-state index in [1.807, 2.05) is 18.2 Å². The van der Waals surface area contributed by atoms with Crippen molar-refractivity contribution < 1.29 is 14.3 Å². The van der Waals surface area contributed by atoms with Crippen LogP contribution in [0.5, 0.6) is 5.75 Å². The number of amides is 1. The van der Waals surface area contributed by atoms with Gasteiger partial charge in [-0.15, -0.1) is 11.3 Å². The van der Waals surface area contributed by atoms with Crippen molar-refractivity contribution in [2.24, 2.45) is 0 Å². The van der Waals surface area contributed by atoms with Crippen molar-refractivity contribution >= 4 is 28.2 Å². The summed E-state index contributed by atoms with van der Waals surface area (Å²) in [7, 11) is 0. The van der Waals surface area contributed by atoms with E-state index in [1.54, 1.807) is 47.7 Å². The number of nitrogens with one attached hydrogen (secondary N) is 2. The highest BCUT2D eigenvalue weighted by Crippen LogP contribution is 2.40. The van der Waals surface area contributed by atoms with E-state index in [0.29, 0.717) is 11.3 Å². The minimum atomic E-state index is -0.396. The van der Waals surface area contributed by atoms with E-state index in [-0.39, 0.29) is 12.1 Å². The number of anilines is 1. The van der Waals surface area contributed by atoms with Crippen LogP contribution in [0.2, 0.25) is 0 Å². The minimum absolute atomic E-state index is 0.0271. The second-order valence-electron chi connectivity index (χ2n) is 7.70. The van der Waals surface area contributed by atoms with Gasteiger partial charge in [0.15, 0.2) is 0 Å². The van der Waals surface area contributed by atoms with Gasteiger partial charge in [-0.25, -0.2) is 4.79 Å². The zero-order chi connectivity index (χ0) is 21.4. The molecular weight excluding hydrogens is 410 g/mol. The first kappa shape index (κ1) is 19.8. The number of carbonyl (C=O) groups excluding carboxylic acids is 2. The van der Waals surface area contributed by atoms with Crippen LogP contribution < -0.4 is 15.4 Å². The van der Waals surface area contributed by atoms with Crippen LogP contribution in [-0.2, 0) is 13.0 Å². The number of fused-ring (bicyclic) bond motifs is 3. The van der Waals surface area contributed by atoms with E-state index in [1.165, 1.54) is 10.4 Å². The van der Waals surface area contributed by atoms with E-state index >= 15 is 0 Å². The second-order valence-corrected chi connectivity index (χ2v) is 8.81. The molecule has 7 heteroatoms. The fourth-order valence-corrected chi connectivity index (χ4v) is 5.39. The van der Waals surface area contributed by atoms with Crippen molar-refractivity contribution in [1.82, 2.24) is 10.2 Å². The molecule has 0 aliphatic carbocycles. The average molecular weight is 434 g/mol. The van der Waals surface area contributed by atoms with E-state index < -0.39 is 5.97 Å². The third-order valence-corrected chi connectivity index (χ3v) is 6.94. The van der Waals surface area contributed by atoms with Crippen LogP contribution in [0.15, 0.2) is 54.6 Å². The van der Waals surface area contributed by atoms with Crippen LogP contribution in [0.25, 0.3) is 0 Å². The van der Waals surface area contributed by atoms with Crippen LogP contribution in [0.4, 0.5) is 5.00 Å². The first-order valence-corrected chi connectivity index (χ1v) is 11.3. The topological polar surface area (TPSA) is 70.7 Å². The molecular formula is C24H23N3O3S. The number of rotatable bonds is 4. The molecule has 5 rings (SSSR count). The predicted octanol–water partition coefficient (Wildman–Crippen LogP) is 4.20. The highest BCUT2D eigenvalue weighted by Gasteiger charge is 2.33. The lowest BCUT2D eigenvalue weighted by Gasteiger charge is -2.28. The molecule has 0 radical (unpaired) electrons. The van der Waals surface area contributed by atoms with Gasteiger partial charge >= 0.3 is 5.97 Å². The summed E-state index contributed by atoms with van der Waals surface area (Å²) in [4.78, 5) is 28.8. The van der Waals surface area contributed by atoms with Crippen LogP contribution in [0.3, 0.4) is 0 Å². The van der Waals surface area contributed by atoms with Crippen molar-refractivity contribution in [3.05, 3.63) is 81.7 Å². The Bertz CT molecular complexity index is 1120. The van der Waals surface area contributed by atoms with Gasteiger partial charge in [-0.3, -0.25) is 9.69 Å². The standard InChI is InChI=1S/C24H23N3O3S/c1-2-27-13-12-18-19(14-27)31-23-20(18)22(28)25-21(26-23)15-8-10-17(11-9-15)30-24(29)16-6-4-3-5-7-16/h3-11,21,26H,2,12-14H2,1H3,(H,25,28)/t21-/m0/s1. The summed E-state index contributed by atoms with van der Waals surface area (Å²) in [6.45, 7) is 5.09. The molecule has 0 spiro atoms. The van der Waals surface area contributed by atoms with Gasteiger partial charge in [0.1, 0.15) is 16.9 Å². The number of ether oxygens (including phenoxy) is 1. The molecule has 1 aromatic heterocycles. The maximum atomic E-state index is 12.9. The number of carbonyl (C=O) groups is 2. The monoisotopic (exact) mass is 433 g/mol. The van der Waals surface area contributed by atoms with Gasteiger partial charge in [0.2, 0.25) is 0 Å². The molecule has 3 heterocycles. The van der Waals surface area contributed by atoms with Gasteiger partial charge in [0, 0.05) is 18.0 Å². The maximum absolute atomic E-state index is 12.9. The van der Waals surface area contributed by atoms with Gasteiger partial charge in [-0.05, 0) is 48.4 Å². The minimum Gasteiger partial charge on any atom is -0.423 e. The van der Waals surface area contributed by atoms with Gasteiger partial charge in [-0.2, -0.15) is 0 Å². The zero-order valence-corrected chi connectivity index (χ0v) is 18.0. The molecule has 0 saturated carbocycles. The summed E-state index contributed by atoms with van der Waals surface area (Å²) in [5.41, 5.74) is 3.40. The Balaban J connectivity index is 1.31. The van der Waals surface area contributed by atoms with E-state index in [0.717, 1.165) is 42.2 Å². The van der Waals surface area contributed by atoms with E-state index in [9.17, 15) is 9.59 Å². The lowest BCUT2D eigenvalue weighted by Crippen LogP contribution is -2.38. The predicted molar refractivity (Wildman–Crippen MR) is 121 cm³/mol. The Kier molecular flexibility index (Phi) is 5.21. The van der Waals surface area contributed by atoms with Gasteiger partial charge < -0.3 is 15.4 Å². The Labute approximate surface area is 184 Å². The van der Waals surface area contributed by atoms with Gasteiger partial charge in [0.05, 0.1) is 11.1 Å². The number of hydrogen-bond acceptors (Lipinski definition) is 6. The number of nitrogens with zero attached hydrogens (tertiary/aromatic N) is 1. The van der Waals surface area contributed by atoms with Crippen LogP contribution in [0.1, 0.15) is 49.8 Å². The van der Waals surface area contributed by atoms with E-state index in [2.05, 4.69) is 22.5 Å². The molecule has 0 unspecified atom stereocenters. The van der Waals surface area contributed by atoms with Crippen LogP contribution in [-0.4, -0.2) is 29.9 Å². The largest absolute Gasteiger partial charge is 0.423 e. The molecule has 158 valence electrons. The molecule has 1 atom stereocenters. The average Bonchev–Trinajstić information content (AvgIpc) is 3.18. The third kappa shape index (κ3) is 3.82. The molecule has 2 aromatic carbocycles. The number of hydrogen-bond donors (Lipinski definition) is 2. The Morgan fingerprint density at radius 2 is 1.90 bits per heavy atom. The summed E-state index contributed by atoms with van der Waals surface area (Å²) in [5.74, 6) is 0.0415. The summed E-state index contributed by atoms with van der Waals surface area (Å²) >= 11 is 1.69. The summed E-state index contributed by atoms with van der Waals surface area (Å²) in [5, 5.41) is 7.49. The summed E-state index contributed by atoms with van der Waals surface area (Å²) < 4.78 is 5.45. The lowest BCUT2D eigenvalue weighted by atomic mass is 10.0. The summed E-state index contributed by atoms with van der Waals surface area (Å²) in [6, 6.07) is 16.1. The number of benzene rings is 2. The third-order valence-electron chi connectivity index (χ3n) is 5.79. The Morgan fingerprint density at radius 1 is 1.13 bits per heavy atom. The molecule has 0 fully saturated rings. The first-order chi connectivity index (χ1) is 15.1. The smallest absolute Gasteiger partial charge is 0.343 e. The Morgan fingerprint density at radius 3 is 2.65 bits per heavy atom. The lowest BCUT2D eigenvalue weighted by molar-refractivity contribution is 0.0734. The van der Waals surface area contributed by atoms with Crippen molar-refractivity contribution in [2.45, 2.75) is 26.1 Å². The molecule has 3 aromatic rings. The van der Waals surface area contributed by atoms with Crippen LogP contribution in [0, 0.1) is 0 Å². The first-order valence-electron chi connectivity index (χ1n) is 10.4.